The second-order valence-corrected chi connectivity index (χ2v) is 6.34. The molecule has 5 nitrogen and oxygen atoms in total. The molecule has 0 aromatic rings. The van der Waals surface area contributed by atoms with E-state index >= 15 is 0 Å². The lowest BCUT2D eigenvalue weighted by atomic mass is 10.1. The van der Waals surface area contributed by atoms with Crippen LogP contribution in [0.5, 0.6) is 0 Å². The maximum absolute atomic E-state index is 9.80. The second kappa shape index (κ2) is 22.7. The fraction of sp³-hybridized carbons (Fsp3) is 0.938. The topological polar surface area (TPSA) is 78.8 Å². The van der Waals surface area contributed by atoms with Gasteiger partial charge in [0.1, 0.15) is 6.54 Å². The van der Waals surface area contributed by atoms with E-state index in [-0.39, 0.29) is 6.54 Å². The van der Waals surface area contributed by atoms with Gasteiger partial charge in [-0.05, 0) is 6.42 Å². The Balaban J connectivity index is 0. The molecule has 0 rings (SSSR count). The van der Waals surface area contributed by atoms with Crippen LogP contribution in [0.1, 0.15) is 78.1 Å². The van der Waals surface area contributed by atoms with Crippen LogP contribution < -0.4 is 4.72 Å². The highest BCUT2D eigenvalue weighted by atomic mass is 32.2. The third kappa shape index (κ3) is 27.7. The van der Waals surface area contributed by atoms with Gasteiger partial charge in [-0.15, -0.1) is 0 Å². The van der Waals surface area contributed by atoms with E-state index in [0.717, 1.165) is 12.2 Å². The lowest BCUT2D eigenvalue weighted by molar-refractivity contribution is -0.135. The van der Waals surface area contributed by atoms with Gasteiger partial charge in [-0.2, -0.15) is 4.91 Å². The van der Waals surface area contributed by atoms with Crippen LogP contribution in [0.3, 0.4) is 0 Å². The zero-order valence-electron chi connectivity index (χ0n) is 14.3. The Morgan fingerprint density at radius 2 is 1.45 bits per heavy atom. The molecule has 6 heteroatoms. The van der Waals surface area contributed by atoms with Crippen LogP contribution in [-0.4, -0.2) is 29.9 Å². The smallest absolute Gasteiger partial charge is 0.318 e. The van der Waals surface area contributed by atoms with Gasteiger partial charge in [0.2, 0.25) is 0 Å². The average Bonchev–Trinajstić information content (AvgIpc) is 2.50. The van der Waals surface area contributed by atoms with Crippen molar-refractivity contribution >= 4 is 17.9 Å². The standard InChI is InChI=1S/C12H25NO.C4H9NO2S/c1-2-3-4-5-6-7-8-9-10-11-12-13-14;1-2-8-5-3-4(6)7/h2-12H2,1H3;5H,2-3H2,1H3,(H,6,7). The van der Waals surface area contributed by atoms with Crippen LogP contribution in [0.4, 0.5) is 0 Å². The summed E-state index contributed by atoms with van der Waals surface area (Å²) in [5.74, 6) is 0.0822. The molecule has 0 aromatic heterocycles. The van der Waals surface area contributed by atoms with Gasteiger partial charge in [-0.3, -0.25) is 9.52 Å². The van der Waals surface area contributed by atoms with Crippen LogP contribution in [-0.2, 0) is 4.79 Å². The van der Waals surface area contributed by atoms with E-state index < -0.39 is 5.97 Å². The Morgan fingerprint density at radius 3 is 1.86 bits per heavy atom. The molecule has 0 radical (unpaired) electrons. The summed E-state index contributed by atoms with van der Waals surface area (Å²) in [6, 6.07) is 0. The van der Waals surface area contributed by atoms with Crippen molar-refractivity contribution in [2.75, 3.05) is 18.8 Å². The van der Waals surface area contributed by atoms with Gasteiger partial charge in [0, 0.05) is 5.75 Å². The van der Waals surface area contributed by atoms with E-state index in [0.29, 0.717) is 6.54 Å². The van der Waals surface area contributed by atoms with Gasteiger partial charge in [0.15, 0.2) is 0 Å². The summed E-state index contributed by atoms with van der Waals surface area (Å²) in [5.41, 5.74) is 0. The molecular weight excluding hydrogens is 300 g/mol. The molecule has 0 atom stereocenters. The zero-order chi connectivity index (χ0) is 16.9. The molecule has 132 valence electrons. The van der Waals surface area contributed by atoms with Crippen molar-refractivity contribution in [3.05, 3.63) is 4.91 Å². The largest absolute Gasteiger partial charge is 0.480 e. The third-order valence-electron chi connectivity index (χ3n) is 3.07. The number of nitroso groups, excluding NO2 is 1. The van der Waals surface area contributed by atoms with Crippen LogP contribution in [0, 0.1) is 4.91 Å². The van der Waals surface area contributed by atoms with E-state index in [1.54, 1.807) is 0 Å². The Kier molecular flexibility index (Phi) is 24.4. The number of carboxylic acids is 1. The molecule has 22 heavy (non-hydrogen) atoms. The minimum absolute atomic E-state index is 0.0402. The second-order valence-electron chi connectivity index (χ2n) is 5.18. The molecular formula is C16H34N2O3S. The maximum atomic E-state index is 9.80. The summed E-state index contributed by atoms with van der Waals surface area (Å²) in [7, 11) is 0. The lowest BCUT2D eigenvalue weighted by Crippen LogP contribution is -2.15. The van der Waals surface area contributed by atoms with Crippen molar-refractivity contribution in [1.82, 2.24) is 4.72 Å². The molecule has 0 unspecified atom stereocenters. The first kappa shape index (κ1) is 23.6. The molecule has 0 heterocycles. The molecule has 0 saturated heterocycles. The normalized spacial score (nSPS) is 9.91. The number of nitrogens with one attached hydrogen (secondary N) is 1. The van der Waals surface area contributed by atoms with Gasteiger partial charge in [0.05, 0.1) is 6.54 Å². The van der Waals surface area contributed by atoms with E-state index in [4.69, 9.17) is 5.11 Å². The van der Waals surface area contributed by atoms with E-state index in [1.165, 1.54) is 69.7 Å². The quantitative estimate of drug-likeness (QED) is 0.250. The summed E-state index contributed by atoms with van der Waals surface area (Å²) in [5, 5.41) is 10.9. The zero-order valence-corrected chi connectivity index (χ0v) is 15.1. The molecule has 0 aliphatic heterocycles. The van der Waals surface area contributed by atoms with E-state index in [1.807, 2.05) is 6.92 Å². The summed E-state index contributed by atoms with van der Waals surface area (Å²) in [6.07, 6.45) is 13.1. The molecule has 0 spiro atoms. The number of rotatable bonds is 15. The van der Waals surface area contributed by atoms with E-state index in [9.17, 15) is 9.70 Å². The number of carbonyl (C=O) groups is 1. The SMILES string of the molecule is CCCCCCCCCCCCN=O.CCSNCC(=O)O. The van der Waals surface area contributed by atoms with Gasteiger partial charge >= 0.3 is 5.97 Å². The van der Waals surface area contributed by atoms with Gasteiger partial charge in [-0.1, -0.05) is 88.8 Å². The molecule has 0 aliphatic rings. The lowest BCUT2D eigenvalue weighted by Gasteiger charge is -2.00. The number of hydrogen-bond acceptors (Lipinski definition) is 5. The summed E-state index contributed by atoms with van der Waals surface area (Å²) >= 11 is 1.41. The van der Waals surface area contributed by atoms with Crippen molar-refractivity contribution in [1.29, 1.82) is 0 Å². The highest BCUT2D eigenvalue weighted by molar-refractivity contribution is 7.97. The van der Waals surface area contributed by atoms with Gasteiger partial charge in [0.25, 0.3) is 0 Å². The first-order valence-electron chi connectivity index (χ1n) is 8.54. The Labute approximate surface area is 140 Å². The molecule has 0 fully saturated rings. The number of unbranched alkanes of at least 4 members (excludes halogenated alkanes) is 9. The number of aliphatic carboxylic acids is 1. The molecule has 0 bridgehead atoms. The number of carboxylic acid groups (broad SMARTS) is 1. The van der Waals surface area contributed by atoms with Crippen LogP contribution in [0.25, 0.3) is 0 Å². The highest BCUT2D eigenvalue weighted by Crippen LogP contribution is 2.10. The van der Waals surface area contributed by atoms with Crippen molar-refractivity contribution in [2.24, 2.45) is 5.18 Å². The fourth-order valence-corrected chi connectivity index (χ4v) is 2.31. The van der Waals surface area contributed by atoms with Gasteiger partial charge < -0.3 is 5.11 Å². The third-order valence-corrected chi connectivity index (χ3v) is 3.71. The number of hydrogen-bond donors (Lipinski definition) is 2. The summed E-state index contributed by atoms with van der Waals surface area (Å²) < 4.78 is 2.65. The maximum Gasteiger partial charge on any atom is 0.318 e. The molecule has 0 saturated carbocycles. The minimum Gasteiger partial charge on any atom is -0.480 e. The van der Waals surface area contributed by atoms with Crippen molar-refractivity contribution in [3.63, 3.8) is 0 Å². The highest BCUT2D eigenvalue weighted by Gasteiger charge is 1.92. The van der Waals surface area contributed by atoms with Crippen molar-refractivity contribution in [2.45, 2.75) is 78.1 Å². The fourth-order valence-electron chi connectivity index (χ4n) is 1.88. The van der Waals surface area contributed by atoms with Crippen LogP contribution >= 0.6 is 11.9 Å². The predicted octanol–water partition coefficient (Wildman–Crippen LogP) is 5.00. The molecule has 2 N–H and O–H groups in total. The monoisotopic (exact) mass is 334 g/mol. The van der Waals surface area contributed by atoms with Crippen molar-refractivity contribution < 1.29 is 9.90 Å². The van der Waals surface area contributed by atoms with Gasteiger partial charge in [-0.25, -0.2) is 0 Å². The number of nitrogens with zero attached hydrogens (tertiary/aromatic N) is 1. The Morgan fingerprint density at radius 1 is 0.955 bits per heavy atom. The predicted molar refractivity (Wildman–Crippen MR) is 96.3 cm³/mol. The van der Waals surface area contributed by atoms with Crippen LogP contribution in [0.15, 0.2) is 5.18 Å². The summed E-state index contributed by atoms with van der Waals surface area (Å²) in [4.78, 5) is 19.6. The summed E-state index contributed by atoms with van der Waals surface area (Å²) in [6.45, 7) is 4.76. The Bertz CT molecular complexity index is 241. The minimum atomic E-state index is -0.814. The molecule has 0 aromatic carbocycles. The van der Waals surface area contributed by atoms with Crippen LogP contribution in [0.2, 0.25) is 0 Å². The first-order valence-corrected chi connectivity index (χ1v) is 9.53. The molecule has 0 aliphatic carbocycles. The van der Waals surface area contributed by atoms with Crippen molar-refractivity contribution in [3.8, 4) is 0 Å². The first-order chi connectivity index (χ1) is 10.7. The average molecular weight is 335 g/mol. The Hall–Kier alpha value is -0.620. The van der Waals surface area contributed by atoms with E-state index in [2.05, 4.69) is 16.8 Å². The molecule has 0 amide bonds.